The maximum absolute atomic E-state index is 8.85. The quantitative estimate of drug-likeness (QED) is 0.508. The molecule has 28 heavy (non-hydrogen) atoms. The number of nitrogens with zero attached hydrogens (tertiary/aromatic N) is 1. The van der Waals surface area contributed by atoms with Gasteiger partial charge in [0.05, 0.1) is 25.9 Å². The van der Waals surface area contributed by atoms with Gasteiger partial charge in [0.1, 0.15) is 11.5 Å². The zero-order valence-electron chi connectivity index (χ0n) is 15.9. The minimum absolute atomic E-state index is 0.668. The minimum atomic E-state index is 0.668. The van der Waals surface area contributed by atoms with Gasteiger partial charge in [0, 0.05) is 11.6 Å². The summed E-state index contributed by atoms with van der Waals surface area (Å²) in [7, 11) is 3.29. The Morgan fingerprint density at radius 2 is 1.21 bits per heavy atom. The third-order valence-corrected chi connectivity index (χ3v) is 4.34. The van der Waals surface area contributed by atoms with Gasteiger partial charge in [-0.2, -0.15) is 5.26 Å². The lowest BCUT2D eigenvalue weighted by Gasteiger charge is -2.07. The summed E-state index contributed by atoms with van der Waals surface area (Å²) in [4.78, 5) is 0. The van der Waals surface area contributed by atoms with Crippen LogP contribution in [0.15, 0.2) is 66.7 Å². The van der Waals surface area contributed by atoms with Crippen LogP contribution in [0.4, 0.5) is 0 Å². The molecule has 0 bridgehead atoms. The number of rotatable bonds is 6. The fraction of sp³-hybridized carbons (Fsp3) is 0.0800. The molecule has 0 aliphatic heterocycles. The van der Waals surface area contributed by atoms with Crippen molar-refractivity contribution in [2.75, 3.05) is 14.2 Å². The average Bonchev–Trinajstić information content (AvgIpc) is 2.77. The van der Waals surface area contributed by atoms with E-state index in [-0.39, 0.29) is 0 Å². The number of ether oxygens (including phenoxy) is 2. The lowest BCUT2D eigenvalue weighted by atomic mass is 10.1. The number of hydrogen-bond acceptors (Lipinski definition) is 3. The number of nitriles is 1. The molecule has 0 saturated carbocycles. The first-order chi connectivity index (χ1) is 13.7. The van der Waals surface area contributed by atoms with Crippen molar-refractivity contribution >= 4 is 24.3 Å². The van der Waals surface area contributed by atoms with Crippen LogP contribution in [0.2, 0.25) is 0 Å². The molecule has 0 aromatic heterocycles. The monoisotopic (exact) mass is 367 g/mol. The highest BCUT2D eigenvalue weighted by Crippen LogP contribution is 2.26. The van der Waals surface area contributed by atoms with Crippen LogP contribution in [0.3, 0.4) is 0 Å². The van der Waals surface area contributed by atoms with Crippen molar-refractivity contribution in [2.24, 2.45) is 0 Å². The van der Waals surface area contributed by atoms with Crippen LogP contribution in [0.5, 0.6) is 11.5 Å². The van der Waals surface area contributed by atoms with Crippen LogP contribution < -0.4 is 9.47 Å². The zero-order chi connectivity index (χ0) is 19.8. The van der Waals surface area contributed by atoms with Crippen LogP contribution >= 0.6 is 0 Å². The number of methoxy groups -OCH3 is 2. The summed E-state index contributed by atoms with van der Waals surface area (Å²) in [5.74, 6) is 1.55. The summed E-state index contributed by atoms with van der Waals surface area (Å²) in [6.45, 7) is 0. The summed E-state index contributed by atoms with van der Waals surface area (Å²) in [6, 6.07) is 23.7. The van der Waals surface area contributed by atoms with Gasteiger partial charge in [-0.1, -0.05) is 60.7 Å². The van der Waals surface area contributed by atoms with E-state index in [1.54, 1.807) is 14.2 Å². The minimum Gasteiger partial charge on any atom is -0.497 e. The second-order valence-corrected chi connectivity index (χ2v) is 6.18. The van der Waals surface area contributed by atoms with Crippen LogP contribution in [-0.2, 0) is 0 Å². The maximum Gasteiger partial charge on any atom is 0.129 e. The van der Waals surface area contributed by atoms with Crippen LogP contribution in [0, 0.1) is 11.3 Å². The average molecular weight is 367 g/mol. The molecule has 0 fully saturated rings. The van der Waals surface area contributed by atoms with Gasteiger partial charge in [-0.15, -0.1) is 0 Å². The van der Waals surface area contributed by atoms with Gasteiger partial charge in [-0.3, -0.25) is 0 Å². The smallest absolute Gasteiger partial charge is 0.129 e. The summed E-state index contributed by atoms with van der Waals surface area (Å²) in [5.41, 5.74) is 4.95. The summed E-state index contributed by atoms with van der Waals surface area (Å²) < 4.78 is 10.7. The lowest BCUT2D eigenvalue weighted by molar-refractivity contribution is 0.394. The first kappa shape index (κ1) is 19.0. The molecular weight excluding hydrogens is 346 g/mol. The van der Waals surface area contributed by atoms with Crippen molar-refractivity contribution in [3.8, 4) is 17.6 Å². The summed E-state index contributed by atoms with van der Waals surface area (Å²) >= 11 is 0. The van der Waals surface area contributed by atoms with E-state index in [0.29, 0.717) is 5.56 Å². The van der Waals surface area contributed by atoms with Gasteiger partial charge in [0.15, 0.2) is 0 Å². The predicted molar refractivity (Wildman–Crippen MR) is 115 cm³/mol. The molecule has 0 heterocycles. The van der Waals surface area contributed by atoms with E-state index in [2.05, 4.69) is 42.5 Å². The molecule has 0 spiro atoms. The van der Waals surface area contributed by atoms with E-state index in [1.165, 1.54) is 0 Å². The van der Waals surface area contributed by atoms with Gasteiger partial charge in [0.25, 0.3) is 0 Å². The Labute approximate surface area is 165 Å². The first-order valence-electron chi connectivity index (χ1n) is 8.90. The van der Waals surface area contributed by atoms with Crippen LogP contribution in [0.25, 0.3) is 24.3 Å². The molecule has 3 nitrogen and oxygen atoms in total. The Hall–Kier alpha value is -3.77. The molecule has 3 rings (SSSR count). The molecule has 0 saturated heterocycles. The Morgan fingerprint density at radius 1 is 0.679 bits per heavy atom. The third kappa shape index (κ3) is 4.90. The zero-order valence-corrected chi connectivity index (χ0v) is 15.9. The van der Waals surface area contributed by atoms with E-state index >= 15 is 0 Å². The fourth-order valence-corrected chi connectivity index (χ4v) is 2.72. The van der Waals surface area contributed by atoms with Crippen molar-refractivity contribution < 1.29 is 9.47 Å². The van der Waals surface area contributed by atoms with Crippen LogP contribution in [0.1, 0.15) is 27.8 Å². The van der Waals surface area contributed by atoms with E-state index in [4.69, 9.17) is 14.7 Å². The fourth-order valence-electron chi connectivity index (χ4n) is 2.72. The summed E-state index contributed by atoms with van der Waals surface area (Å²) in [5, 5.41) is 8.85. The van der Waals surface area contributed by atoms with E-state index in [1.807, 2.05) is 54.6 Å². The predicted octanol–water partition coefficient (Wildman–Crippen LogP) is 5.92. The van der Waals surface area contributed by atoms with E-state index < -0.39 is 0 Å². The van der Waals surface area contributed by atoms with Gasteiger partial charge in [-0.05, 0) is 41.0 Å². The largest absolute Gasteiger partial charge is 0.497 e. The molecule has 3 heteroatoms. The molecule has 0 N–H and O–H groups in total. The molecule has 0 atom stereocenters. The topological polar surface area (TPSA) is 42.2 Å². The maximum atomic E-state index is 8.85. The van der Waals surface area contributed by atoms with Crippen LogP contribution in [-0.4, -0.2) is 14.2 Å². The Morgan fingerprint density at radius 3 is 1.71 bits per heavy atom. The normalized spacial score (nSPS) is 10.9. The van der Waals surface area contributed by atoms with Gasteiger partial charge >= 0.3 is 0 Å². The highest BCUT2D eigenvalue weighted by Gasteiger charge is 2.01. The van der Waals surface area contributed by atoms with Crippen molar-refractivity contribution in [3.63, 3.8) is 0 Å². The Kier molecular flexibility index (Phi) is 6.28. The molecular formula is C25H21NO2. The third-order valence-electron chi connectivity index (χ3n) is 4.34. The lowest BCUT2D eigenvalue weighted by Crippen LogP contribution is -1.89. The Bertz CT molecular complexity index is 1020. The molecule has 0 amide bonds. The van der Waals surface area contributed by atoms with Gasteiger partial charge in [-0.25, -0.2) is 0 Å². The van der Waals surface area contributed by atoms with E-state index in [0.717, 1.165) is 33.8 Å². The van der Waals surface area contributed by atoms with Crippen molar-refractivity contribution in [2.45, 2.75) is 0 Å². The standard InChI is InChI=1S/C25H21NO2/c1-27-24-16-15-23(25(17-24)28-2)14-13-21-7-5-19(6-8-21)3-4-20-9-11-22(18-26)12-10-20/h3-17H,1-2H3/b4-3+,14-13+. The molecule has 0 unspecified atom stereocenters. The van der Waals surface area contributed by atoms with E-state index in [9.17, 15) is 0 Å². The number of hydrogen-bond donors (Lipinski definition) is 0. The van der Waals surface area contributed by atoms with Crippen molar-refractivity contribution in [1.82, 2.24) is 0 Å². The van der Waals surface area contributed by atoms with Crippen molar-refractivity contribution in [3.05, 3.63) is 94.5 Å². The SMILES string of the molecule is COc1ccc(/C=C/c2ccc(/C=C/c3ccc(C#N)cc3)cc2)c(OC)c1. The second kappa shape index (κ2) is 9.25. The molecule has 0 aliphatic carbocycles. The highest BCUT2D eigenvalue weighted by atomic mass is 16.5. The highest BCUT2D eigenvalue weighted by molar-refractivity contribution is 5.75. The summed E-state index contributed by atoms with van der Waals surface area (Å²) in [6.07, 6.45) is 8.17. The van der Waals surface area contributed by atoms with Gasteiger partial charge < -0.3 is 9.47 Å². The Balaban J connectivity index is 1.69. The van der Waals surface area contributed by atoms with Crippen molar-refractivity contribution in [1.29, 1.82) is 5.26 Å². The first-order valence-corrected chi connectivity index (χ1v) is 8.90. The van der Waals surface area contributed by atoms with Gasteiger partial charge in [0.2, 0.25) is 0 Å². The molecule has 3 aromatic rings. The number of benzene rings is 3. The second-order valence-electron chi connectivity index (χ2n) is 6.18. The molecule has 138 valence electrons. The molecule has 0 radical (unpaired) electrons. The molecule has 0 aliphatic rings. The molecule has 3 aromatic carbocycles.